The summed E-state index contributed by atoms with van der Waals surface area (Å²) in [6, 6.07) is 0. The summed E-state index contributed by atoms with van der Waals surface area (Å²) in [4.78, 5) is 11.3. The first-order valence-corrected chi connectivity index (χ1v) is 11.2. The minimum absolute atomic E-state index is 0.0800. The first-order chi connectivity index (χ1) is 12.3. The van der Waals surface area contributed by atoms with Crippen LogP contribution >= 0.6 is 0 Å². The molecule has 2 atom stereocenters. The van der Waals surface area contributed by atoms with Crippen LogP contribution in [0.4, 0.5) is 0 Å². The van der Waals surface area contributed by atoms with E-state index in [1.807, 2.05) is 6.92 Å². The fourth-order valence-electron chi connectivity index (χ4n) is 3.36. The van der Waals surface area contributed by atoms with E-state index in [0.717, 1.165) is 30.6 Å². The van der Waals surface area contributed by atoms with Crippen LogP contribution in [0.1, 0.15) is 112 Å². The summed E-state index contributed by atoms with van der Waals surface area (Å²) in [6.45, 7) is 14.1. The summed E-state index contributed by atoms with van der Waals surface area (Å²) in [7, 11) is 0. The van der Waals surface area contributed by atoms with E-state index >= 15 is 0 Å². The highest BCUT2D eigenvalue weighted by Gasteiger charge is 2.07. The molecule has 26 heavy (non-hydrogen) atoms. The van der Waals surface area contributed by atoms with Crippen molar-refractivity contribution < 1.29 is 9.53 Å². The molecule has 0 bridgehead atoms. The first kappa shape index (κ1) is 25.2. The Morgan fingerprint density at radius 3 is 1.92 bits per heavy atom. The number of hydrogen-bond donors (Lipinski definition) is 0. The summed E-state index contributed by atoms with van der Waals surface area (Å²) in [6.07, 6.45) is 15.5. The Balaban J connectivity index is 3.66. The van der Waals surface area contributed by atoms with E-state index < -0.39 is 0 Å². The minimum atomic E-state index is -0.0800. The molecule has 0 aromatic heterocycles. The Morgan fingerprint density at radius 2 is 1.38 bits per heavy atom. The van der Waals surface area contributed by atoms with Crippen molar-refractivity contribution in [2.45, 2.75) is 112 Å². The monoisotopic (exact) mass is 366 g/mol. The molecule has 0 heterocycles. The molecule has 0 rings (SSSR count). The van der Waals surface area contributed by atoms with Gasteiger partial charge in [-0.1, -0.05) is 85.1 Å². The number of ether oxygens (including phenoxy) is 1. The summed E-state index contributed by atoms with van der Waals surface area (Å²) in [5.74, 6) is 2.49. The van der Waals surface area contributed by atoms with Crippen LogP contribution in [-0.2, 0) is 9.53 Å². The van der Waals surface area contributed by atoms with Gasteiger partial charge in [0.2, 0.25) is 0 Å². The van der Waals surface area contributed by atoms with Gasteiger partial charge in [0, 0.05) is 6.42 Å². The Morgan fingerprint density at radius 1 is 0.846 bits per heavy atom. The van der Waals surface area contributed by atoms with Crippen LogP contribution < -0.4 is 0 Å². The van der Waals surface area contributed by atoms with Crippen molar-refractivity contribution in [1.29, 1.82) is 0 Å². The van der Waals surface area contributed by atoms with E-state index in [1.54, 1.807) is 0 Å². The Labute approximate surface area is 164 Å². The molecule has 0 spiro atoms. The molecule has 0 saturated heterocycles. The zero-order valence-electron chi connectivity index (χ0n) is 18.6. The number of hydrogen-bond acceptors (Lipinski definition) is 2. The number of allylic oxidation sites excluding steroid dienone is 1. The van der Waals surface area contributed by atoms with Gasteiger partial charge in [0.1, 0.15) is 6.61 Å². The van der Waals surface area contributed by atoms with Gasteiger partial charge >= 0.3 is 5.97 Å². The zero-order valence-corrected chi connectivity index (χ0v) is 18.6. The second-order valence-electron chi connectivity index (χ2n) is 8.84. The summed E-state index contributed by atoms with van der Waals surface area (Å²) in [5.41, 5.74) is 1.35. The molecule has 0 radical (unpaired) electrons. The topological polar surface area (TPSA) is 26.3 Å². The van der Waals surface area contributed by atoms with Crippen molar-refractivity contribution in [3.63, 3.8) is 0 Å². The summed E-state index contributed by atoms with van der Waals surface area (Å²) < 4.78 is 5.18. The van der Waals surface area contributed by atoms with Crippen LogP contribution in [-0.4, -0.2) is 12.6 Å². The maximum atomic E-state index is 11.3. The van der Waals surface area contributed by atoms with Crippen molar-refractivity contribution in [3.05, 3.63) is 11.6 Å². The van der Waals surface area contributed by atoms with Crippen LogP contribution in [0.25, 0.3) is 0 Å². The van der Waals surface area contributed by atoms with Crippen LogP contribution in [0.2, 0.25) is 0 Å². The summed E-state index contributed by atoms with van der Waals surface area (Å²) >= 11 is 0. The lowest BCUT2D eigenvalue weighted by Gasteiger charge is -2.15. The second-order valence-corrected chi connectivity index (χ2v) is 8.84. The molecule has 2 unspecified atom stereocenters. The average molecular weight is 367 g/mol. The predicted molar refractivity (Wildman–Crippen MR) is 114 cm³/mol. The smallest absolute Gasteiger partial charge is 0.306 e. The van der Waals surface area contributed by atoms with E-state index in [-0.39, 0.29) is 5.97 Å². The highest BCUT2D eigenvalue weighted by molar-refractivity contribution is 5.69. The minimum Gasteiger partial charge on any atom is -0.461 e. The van der Waals surface area contributed by atoms with Crippen molar-refractivity contribution in [1.82, 2.24) is 0 Å². The van der Waals surface area contributed by atoms with Gasteiger partial charge in [0.25, 0.3) is 0 Å². The van der Waals surface area contributed by atoms with Crippen LogP contribution in [0.15, 0.2) is 11.6 Å². The van der Waals surface area contributed by atoms with Gasteiger partial charge < -0.3 is 4.74 Å². The van der Waals surface area contributed by atoms with Gasteiger partial charge in [-0.3, -0.25) is 4.79 Å². The quantitative estimate of drug-likeness (QED) is 0.206. The van der Waals surface area contributed by atoms with E-state index in [0.29, 0.717) is 13.0 Å². The molecule has 0 aromatic rings. The Kier molecular flexibility index (Phi) is 15.9. The molecule has 2 nitrogen and oxygen atoms in total. The van der Waals surface area contributed by atoms with E-state index in [2.05, 4.69) is 40.7 Å². The molecule has 0 fully saturated rings. The molecular formula is C24H46O2. The summed E-state index contributed by atoms with van der Waals surface area (Å²) in [5, 5.41) is 0. The SMILES string of the molecule is CCCC(=O)OC/C=C(\C)CCCC(C)CCCC(C)CCCC(C)C. The van der Waals surface area contributed by atoms with Crippen molar-refractivity contribution in [2.24, 2.45) is 17.8 Å². The maximum Gasteiger partial charge on any atom is 0.306 e. The largest absolute Gasteiger partial charge is 0.461 e. The standard InChI is InChI=1S/C24H46O2/c1-7-11-24(25)26-19-18-23(6)17-10-16-22(5)15-9-14-21(4)13-8-12-20(2)3/h18,20-22H,7-17,19H2,1-6H3/b23-18+. The first-order valence-electron chi connectivity index (χ1n) is 11.2. The molecule has 154 valence electrons. The highest BCUT2D eigenvalue weighted by atomic mass is 16.5. The zero-order chi connectivity index (χ0) is 19.8. The van der Waals surface area contributed by atoms with Gasteiger partial charge in [-0.05, 0) is 50.0 Å². The van der Waals surface area contributed by atoms with Gasteiger partial charge in [0.15, 0.2) is 0 Å². The molecule has 0 amide bonds. The van der Waals surface area contributed by atoms with Crippen molar-refractivity contribution in [3.8, 4) is 0 Å². The lowest BCUT2D eigenvalue weighted by Crippen LogP contribution is -2.03. The maximum absolute atomic E-state index is 11.3. The highest BCUT2D eigenvalue weighted by Crippen LogP contribution is 2.22. The van der Waals surface area contributed by atoms with E-state index in [9.17, 15) is 4.79 Å². The van der Waals surface area contributed by atoms with Crippen molar-refractivity contribution in [2.75, 3.05) is 6.61 Å². The molecule has 2 heteroatoms. The van der Waals surface area contributed by atoms with Crippen molar-refractivity contribution >= 4 is 5.97 Å². The lowest BCUT2D eigenvalue weighted by molar-refractivity contribution is -0.142. The molecule has 0 saturated carbocycles. The third-order valence-corrected chi connectivity index (χ3v) is 5.27. The second kappa shape index (κ2) is 16.4. The third kappa shape index (κ3) is 16.7. The third-order valence-electron chi connectivity index (χ3n) is 5.27. The molecule has 0 N–H and O–H groups in total. The Bertz CT molecular complexity index is 370. The van der Waals surface area contributed by atoms with Gasteiger partial charge in [-0.25, -0.2) is 0 Å². The van der Waals surface area contributed by atoms with E-state index in [1.165, 1.54) is 56.9 Å². The van der Waals surface area contributed by atoms with Gasteiger partial charge in [0.05, 0.1) is 0 Å². The molecule has 0 aliphatic heterocycles. The average Bonchev–Trinajstić information content (AvgIpc) is 2.54. The molecule has 0 aromatic carbocycles. The number of carbonyl (C=O) groups is 1. The lowest BCUT2D eigenvalue weighted by atomic mass is 9.91. The predicted octanol–water partition coefficient (Wildman–Crippen LogP) is 7.72. The molecular weight excluding hydrogens is 320 g/mol. The number of esters is 1. The van der Waals surface area contributed by atoms with Crippen LogP contribution in [0, 0.1) is 17.8 Å². The fraction of sp³-hybridized carbons (Fsp3) is 0.875. The van der Waals surface area contributed by atoms with E-state index in [4.69, 9.17) is 4.74 Å². The molecule has 0 aliphatic rings. The Hall–Kier alpha value is -0.790. The molecule has 0 aliphatic carbocycles. The number of rotatable bonds is 16. The van der Waals surface area contributed by atoms with Gasteiger partial charge in [-0.2, -0.15) is 0 Å². The van der Waals surface area contributed by atoms with Crippen LogP contribution in [0.5, 0.6) is 0 Å². The van der Waals surface area contributed by atoms with Crippen LogP contribution in [0.3, 0.4) is 0 Å². The fourth-order valence-corrected chi connectivity index (χ4v) is 3.36. The normalized spacial score (nSPS) is 14.5. The number of carbonyl (C=O) groups excluding carboxylic acids is 1. The van der Waals surface area contributed by atoms with Gasteiger partial charge in [-0.15, -0.1) is 0 Å².